The smallest absolute Gasteiger partial charge is 0.331 e. The summed E-state index contributed by atoms with van der Waals surface area (Å²) in [6, 6.07) is 6.94. The van der Waals surface area contributed by atoms with Crippen LogP contribution in [0.5, 0.6) is 11.5 Å². The molecule has 1 amide bonds. The van der Waals surface area contributed by atoms with Crippen LogP contribution in [0.3, 0.4) is 0 Å². The van der Waals surface area contributed by atoms with E-state index in [0.29, 0.717) is 17.3 Å². The van der Waals surface area contributed by atoms with Crippen LogP contribution in [0.1, 0.15) is 11.3 Å². The zero-order chi connectivity index (χ0) is 19.1. The molecule has 0 fully saturated rings. The number of rotatable bonds is 7. The first-order chi connectivity index (χ1) is 12.4. The summed E-state index contributed by atoms with van der Waals surface area (Å²) in [6.07, 6.45) is 2.80. The van der Waals surface area contributed by atoms with Gasteiger partial charge in [-0.15, -0.1) is 0 Å². The molecule has 26 heavy (non-hydrogen) atoms. The van der Waals surface area contributed by atoms with Crippen LogP contribution in [0.4, 0.5) is 5.82 Å². The number of nitrogens with one attached hydrogen (secondary N) is 1. The first-order valence-electron chi connectivity index (χ1n) is 7.80. The van der Waals surface area contributed by atoms with E-state index in [9.17, 15) is 9.59 Å². The number of carbonyl (C=O) groups excluding carboxylic acids is 2. The zero-order valence-electron chi connectivity index (χ0n) is 15.1. The molecule has 1 aromatic heterocycles. The lowest BCUT2D eigenvalue weighted by atomic mass is 10.2. The molecular formula is C18H21N3O5. The van der Waals surface area contributed by atoms with Crippen molar-refractivity contribution in [3.63, 3.8) is 0 Å². The summed E-state index contributed by atoms with van der Waals surface area (Å²) in [4.78, 5) is 23.6. The molecule has 0 aliphatic carbocycles. The van der Waals surface area contributed by atoms with Crippen molar-refractivity contribution >= 4 is 23.8 Å². The Kier molecular flexibility index (Phi) is 6.37. The molecule has 2 aromatic rings. The van der Waals surface area contributed by atoms with Crippen LogP contribution in [0, 0.1) is 6.92 Å². The monoisotopic (exact) mass is 359 g/mol. The van der Waals surface area contributed by atoms with Crippen LogP contribution in [-0.4, -0.2) is 42.5 Å². The lowest BCUT2D eigenvalue weighted by molar-refractivity contribution is -0.142. The molecular weight excluding hydrogens is 338 g/mol. The Morgan fingerprint density at radius 3 is 2.54 bits per heavy atom. The third kappa shape index (κ3) is 5.10. The predicted molar refractivity (Wildman–Crippen MR) is 96.1 cm³/mol. The van der Waals surface area contributed by atoms with Gasteiger partial charge in [0.25, 0.3) is 5.91 Å². The molecule has 8 nitrogen and oxygen atoms in total. The topological polar surface area (TPSA) is 91.7 Å². The lowest BCUT2D eigenvalue weighted by Crippen LogP contribution is -2.21. The van der Waals surface area contributed by atoms with Crippen molar-refractivity contribution in [3.05, 3.63) is 41.6 Å². The molecule has 0 radical (unpaired) electrons. The average Bonchev–Trinajstić information content (AvgIpc) is 2.94. The standard InChI is InChI=1S/C18H21N3O5/c1-12-9-16(21(2)20-12)19-17(22)11-26-18(23)8-6-13-5-7-14(24-3)15(10-13)25-4/h5-10H,11H2,1-4H3,(H,19,22)/b8-6+. The zero-order valence-corrected chi connectivity index (χ0v) is 15.1. The lowest BCUT2D eigenvalue weighted by Gasteiger charge is -2.07. The molecule has 2 rings (SSSR count). The quantitative estimate of drug-likeness (QED) is 0.600. The number of methoxy groups -OCH3 is 2. The van der Waals surface area contributed by atoms with Crippen LogP contribution in [0.25, 0.3) is 6.08 Å². The summed E-state index contributed by atoms with van der Waals surface area (Å²) in [5, 5.41) is 6.73. The Morgan fingerprint density at radius 2 is 1.92 bits per heavy atom. The molecule has 138 valence electrons. The summed E-state index contributed by atoms with van der Waals surface area (Å²) >= 11 is 0. The Bertz CT molecular complexity index is 826. The second-order valence-corrected chi connectivity index (χ2v) is 5.40. The second-order valence-electron chi connectivity index (χ2n) is 5.40. The van der Waals surface area contributed by atoms with E-state index in [-0.39, 0.29) is 6.61 Å². The molecule has 1 heterocycles. The van der Waals surface area contributed by atoms with Crippen molar-refractivity contribution in [2.24, 2.45) is 7.05 Å². The van der Waals surface area contributed by atoms with Crippen molar-refractivity contribution in [1.29, 1.82) is 0 Å². The molecule has 8 heteroatoms. The summed E-state index contributed by atoms with van der Waals surface area (Å²) in [7, 11) is 4.78. The Labute approximate surface area is 151 Å². The molecule has 0 unspecified atom stereocenters. The summed E-state index contributed by atoms with van der Waals surface area (Å²) in [6.45, 7) is 1.42. The third-order valence-electron chi connectivity index (χ3n) is 3.43. The Balaban J connectivity index is 1.87. The van der Waals surface area contributed by atoms with E-state index in [2.05, 4.69) is 10.4 Å². The van der Waals surface area contributed by atoms with Gasteiger partial charge in [-0.1, -0.05) is 6.07 Å². The third-order valence-corrected chi connectivity index (χ3v) is 3.43. The number of amides is 1. The number of benzene rings is 1. The average molecular weight is 359 g/mol. The Morgan fingerprint density at radius 1 is 1.19 bits per heavy atom. The van der Waals surface area contributed by atoms with Gasteiger partial charge in [0.1, 0.15) is 5.82 Å². The number of aromatic nitrogens is 2. The van der Waals surface area contributed by atoms with E-state index < -0.39 is 11.9 Å². The number of nitrogens with zero attached hydrogens (tertiary/aromatic N) is 2. The van der Waals surface area contributed by atoms with Gasteiger partial charge in [0.15, 0.2) is 18.1 Å². The van der Waals surface area contributed by atoms with Gasteiger partial charge in [0.2, 0.25) is 0 Å². The van der Waals surface area contributed by atoms with Crippen LogP contribution < -0.4 is 14.8 Å². The highest BCUT2D eigenvalue weighted by Crippen LogP contribution is 2.27. The van der Waals surface area contributed by atoms with Crippen molar-refractivity contribution in [1.82, 2.24) is 9.78 Å². The normalized spacial score (nSPS) is 10.6. The van der Waals surface area contributed by atoms with Gasteiger partial charge in [-0.05, 0) is 30.7 Å². The van der Waals surface area contributed by atoms with E-state index in [1.807, 2.05) is 6.92 Å². The number of hydrogen-bond donors (Lipinski definition) is 1. The van der Waals surface area contributed by atoms with Gasteiger partial charge in [-0.3, -0.25) is 9.48 Å². The van der Waals surface area contributed by atoms with E-state index in [1.54, 1.807) is 44.5 Å². The molecule has 0 saturated carbocycles. The van der Waals surface area contributed by atoms with Crippen LogP contribution in [-0.2, 0) is 21.4 Å². The van der Waals surface area contributed by atoms with Crippen molar-refractivity contribution in [2.75, 3.05) is 26.1 Å². The number of aryl methyl sites for hydroxylation is 2. The highest BCUT2D eigenvalue weighted by Gasteiger charge is 2.09. The highest BCUT2D eigenvalue weighted by atomic mass is 16.5. The number of hydrogen-bond acceptors (Lipinski definition) is 6. The van der Waals surface area contributed by atoms with Gasteiger partial charge in [0.05, 0.1) is 19.9 Å². The maximum Gasteiger partial charge on any atom is 0.331 e. The minimum atomic E-state index is -0.629. The fourth-order valence-electron chi connectivity index (χ4n) is 2.21. The van der Waals surface area contributed by atoms with Crippen molar-refractivity contribution in [3.8, 4) is 11.5 Å². The molecule has 0 spiro atoms. The predicted octanol–water partition coefficient (Wildman–Crippen LogP) is 1.94. The van der Waals surface area contributed by atoms with Gasteiger partial charge < -0.3 is 19.5 Å². The fraction of sp³-hybridized carbons (Fsp3) is 0.278. The second kappa shape index (κ2) is 8.70. The molecule has 0 atom stereocenters. The molecule has 0 bridgehead atoms. The first kappa shape index (κ1) is 19.0. The summed E-state index contributed by atoms with van der Waals surface area (Å²) in [5.74, 6) is 0.601. The first-order valence-corrected chi connectivity index (χ1v) is 7.80. The number of carbonyl (C=O) groups is 2. The van der Waals surface area contributed by atoms with E-state index in [0.717, 1.165) is 11.3 Å². The summed E-state index contributed by atoms with van der Waals surface area (Å²) in [5.41, 5.74) is 1.51. The highest BCUT2D eigenvalue weighted by molar-refractivity contribution is 5.94. The van der Waals surface area contributed by atoms with Gasteiger partial charge >= 0.3 is 5.97 Å². The maximum absolute atomic E-state index is 11.8. The van der Waals surface area contributed by atoms with E-state index in [4.69, 9.17) is 14.2 Å². The van der Waals surface area contributed by atoms with Gasteiger partial charge in [-0.2, -0.15) is 5.10 Å². The number of esters is 1. The molecule has 0 aliphatic rings. The number of anilines is 1. The maximum atomic E-state index is 11.8. The van der Waals surface area contributed by atoms with Crippen molar-refractivity contribution in [2.45, 2.75) is 6.92 Å². The van der Waals surface area contributed by atoms with Gasteiger partial charge in [-0.25, -0.2) is 4.79 Å². The molecule has 0 aliphatic heterocycles. The van der Waals surface area contributed by atoms with Crippen LogP contribution in [0.15, 0.2) is 30.3 Å². The van der Waals surface area contributed by atoms with E-state index >= 15 is 0 Å². The molecule has 1 N–H and O–H groups in total. The van der Waals surface area contributed by atoms with E-state index in [1.165, 1.54) is 17.9 Å². The number of ether oxygens (including phenoxy) is 3. The largest absolute Gasteiger partial charge is 0.493 e. The minimum absolute atomic E-state index is 0.390. The summed E-state index contributed by atoms with van der Waals surface area (Å²) < 4.78 is 16.8. The fourth-order valence-corrected chi connectivity index (χ4v) is 2.21. The minimum Gasteiger partial charge on any atom is -0.493 e. The van der Waals surface area contributed by atoms with Crippen LogP contribution in [0.2, 0.25) is 0 Å². The van der Waals surface area contributed by atoms with Gasteiger partial charge in [0, 0.05) is 19.2 Å². The Hall–Kier alpha value is -3.29. The molecule has 0 saturated heterocycles. The van der Waals surface area contributed by atoms with Crippen LogP contribution >= 0.6 is 0 Å². The van der Waals surface area contributed by atoms with Crippen molar-refractivity contribution < 1.29 is 23.8 Å². The molecule has 1 aromatic carbocycles. The SMILES string of the molecule is COc1ccc(/C=C/C(=O)OCC(=O)Nc2cc(C)nn2C)cc1OC.